The second kappa shape index (κ2) is 5.42. The van der Waals surface area contributed by atoms with E-state index in [0.717, 1.165) is 6.07 Å². The minimum Gasteiger partial charge on any atom is -0.394 e. The molecule has 3 N–H and O–H groups in total. The van der Waals surface area contributed by atoms with Crippen molar-refractivity contribution in [2.45, 2.75) is 18.1 Å². The molecule has 0 aliphatic heterocycles. The van der Waals surface area contributed by atoms with E-state index in [0.29, 0.717) is 5.56 Å². The van der Waals surface area contributed by atoms with Gasteiger partial charge in [-0.2, -0.15) is 0 Å². The van der Waals surface area contributed by atoms with Gasteiger partial charge in [0.15, 0.2) is 0 Å². The molecule has 0 aromatic heterocycles. The molecule has 0 fully saturated rings. The van der Waals surface area contributed by atoms with Gasteiger partial charge < -0.3 is 15.3 Å². The van der Waals surface area contributed by atoms with Crippen molar-refractivity contribution in [2.24, 2.45) is 0 Å². The molecular weight excluding hydrogens is 223 g/mol. The van der Waals surface area contributed by atoms with Gasteiger partial charge in [-0.25, -0.2) is 4.39 Å². The highest BCUT2D eigenvalue weighted by Crippen LogP contribution is 2.20. The lowest BCUT2D eigenvalue weighted by Gasteiger charge is -2.16. The maximum absolute atomic E-state index is 13.2. The molecule has 1 aromatic carbocycles. The van der Waals surface area contributed by atoms with Crippen LogP contribution in [-0.2, 0) is 5.88 Å². The van der Waals surface area contributed by atoms with Crippen molar-refractivity contribution >= 4 is 11.6 Å². The van der Waals surface area contributed by atoms with Crippen LogP contribution in [0.1, 0.15) is 17.2 Å². The van der Waals surface area contributed by atoms with Gasteiger partial charge >= 0.3 is 0 Å². The summed E-state index contributed by atoms with van der Waals surface area (Å²) in [6.07, 6.45) is -2.61. The first-order valence-corrected chi connectivity index (χ1v) is 4.95. The van der Waals surface area contributed by atoms with Crippen LogP contribution in [0.3, 0.4) is 0 Å². The molecule has 2 unspecified atom stereocenters. The number of aliphatic hydroxyl groups excluding tert-OH is 3. The van der Waals surface area contributed by atoms with Gasteiger partial charge in [-0.1, -0.05) is 12.1 Å². The van der Waals surface area contributed by atoms with E-state index < -0.39 is 24.6 Å². The molecule has 0 heterocycles. The zero-order valence-corrected chi connectivity index (χ0v) is 8.65. The molecule has 15 heavy (non-hydrogen) atoms. The minimum atomic E-state index is -1.31. The smallest absolute Gasteiger partial charge is 0.127 e. The Balaban J connectivity index is 2.92. The Morgan fingerprint density at radius 3 is 2.47 bits per heavy atom. The van der Waals surface area contributed by atoms with Crippen LogP contribution in [0.15, 0.2) is 18.2 Å². The first-order chi connectivity index (χ1) is 7.10. The highest BCUT2D eigenvalue weighted by Gasteiger charge is 2.18. The number of hydrogen-bond acceptors (Lipinski definition) is 3. The van der Waals surface area contributed by atoms with Gasteiger partial charge in [-0.05, 0) is 11.6 Å². The summed E-state index contributed by atoms with van der Waals surface area (Å²) in [7, 11) is 0. The van der Waals surface area contributed by atoms with E-state index in [4.69, 9.17) is 21.8 Å². The Morgan fingerprint density at radius 1 is 1.33 bits per heavy atom. The zero-order chi connectivity index (χ0) is 11.4. The number of halogens is 2. The fourth-order valence-electron chi connectivity index (χ4n) is 1.18. The van der Waals surface area contributed by atoms with Crippen LogP contribution in [-0.4, -0.2) is 28.0 Å². The molecule has 0 aliphatic rings. The summed E-state index contributed by atoms with van der Waals surface area (Å²) in [5, 5.41) is 27.2. The van der Waals surface area contributed by atoms with E-state index in [-0.39, 0.29) is 11.4 Å². The summed E-state index contributed by atoms with van der Waals surface area (Å²) >= 11 is 5.46. The van der Waals surface area contributed by atoms with Gasteiger partial charge in [0, 0.05) is 5.56 Å². The average molecular weight is 235 g/mol. The first kappa shape index (κ1) is 12.4. The largest absolute Gasteiger partial charge is 0.394 e. The van der Waals surface area contributed by atoms with Crippen molar-refractivity contribution < 1.29 is 19.7 Å². The lowest BCUT2D eigenvalue weighted by atomic mass is 10.0. The van der Waals surface area contributed by atoms with Crippen LogP contribution < -0.4 is 0 Å². The van der Waals surface area contributed by atoms with Gasteiger partial charge in [0.1, 0.15) is 18.0 Å². The molecule has 2 atom stereocenters. The number of alkyl halides is 1. The Hall–Kier alpha value is -0.680. The quantitative estimate of drug-likeness (QED) is 0.680. The Morgan fingerprint density at radius 2 is 2.00 bits per heavy atom. The van der Waals surface area contributed by atoms with Crippen LogP contribution in [0.2, 0.25) is 0 Å². The van der Waals surface area contributed by atoms with Crippen molar-refractivity contribution in [1.29, 1.82) is 0 Å². The second-order valence-electron chi connectivity index (χ2n) is 3.18. The van der Waals surface area contributed by atoms with Gasteiger partial charge in [0.05, 0.1) is 12.5 Å². The Kier molecular flexibility index (Phi) is 4.47. The van der Waals surface area contributed by atoms with Crippen LogP contribution >= 0.6 is 11.6 Å². The Bertz CT molecular complexity index is 332. The van der Waals surface area contributed by atoms with Crippen LogP contribution in [0, 0.1) is 5.82 Å². The Labute approximate surface area is 91.7 Å². The number of benzene rings is 1. The molecule has 1 rings (SSSR count). The molecule has 0 spiro atoms. The van der Waals surface area contributed by atoms with E-state index >= 15 is 0 Å². The maximum atomic E-state index is 13.2. The van der Waals surface area contributed by atoms with Gasteiger partial charge in [0.2, 0.25) is 0 Å². The topological polar surface area (TPSA) is 60.7 Å². The van der Waals surface area contributed by atoms with Crippen molar-refractivity contribution in [2.75, 3.05) is 6.61 Å². The maximum Gasteiger partial charge on any atom is 0.127 e. The number of hydrogen-bond donors (Lipinski definition) is 3. The van der Waals surface area contributed by atoms with Crippen LogP contribution in [0.25, 0.3) is 0 Å². The third-order valence-corrected chi connectivity index (χ3v) is 2.40. The molecule has 5 heteroatoms. The summed E-state index contributed by atoms with van der Waals surface area (Å²) in [5.41, 5.74) is 0.536. The third kappa shape index (κ3) is 2.89. The van der Waals surface area contributed by atoms with Gasteiger partial charge in [-0.15, -0.1) is 11.6 Å². The lowest BCUT2D eigenvalue weighted by molar-refractivity contribution is -0.0153. The summed E-state index contributed by atoms with van der Waals surface area (Å²) in [4.78, 5) is 0. The molecule has 0 saturated heterocycles. The normalized spacial score (nSPS) is 15.0. The summed E-state index contributed by atoms with van der Waals surface area (Å²) in [5.74, 6) is -0.489. The SMILES string of the molecule is OCC(O)C(O)c1ccc(CCl)c(F)c1. The standard InChI is InChI=1S/C10H12ClFO3/c11-4-7-2-1-6(3-8(7)12)10(15)9(14)5-13/h1-3,9-10,13-15H,4-5H2. The van der Waals surface area contributed by atoms with Gasteiger partial charge in [0.25, 0.3) is 0 Å². The number of aliphatic hydroxyl groups is 3. The highest BCUT2D eigenvalue weighted by molar-refractivity contribution is 6.17. The monoisotopic (exact) mass is 234 g/mol. The van der Waals surface area contributed by atoms with E-state index in [1.54, 1.807) is 0 Å². The van der Waals surface area contributed by atoms with Crippen molar-refractivity contribution in [3.8, 4) is 0 Å². The molecule has 0 saturated carbocycles. The second-order valence-corrected chi connectivity index (χ2v) is 3.45. The predicted molar refractivity (Wildman–Crippen MR) is 54.0 cm³/mol. The summed E-state index contributed by atoms with van der Waals surface area (Å²) in [6, 6.07) is 4.00. The molecule has 0 amide bonds. The minimum absolute atomic E-state index is 0.0464. The van der Waals surface area contributed by atoms with Crippen molar-refractivity contribution in [3.63, 3.8) is 0 Å². The fraction of sp³-hybridized carbons (Fsp3) is 0.400. The van der Waals surface area contributed by atoms with E-state index in [1.807, 2.05) is 0 Å². The fourth-order valence-corrected chi connectivity index (χ4v) is 1.39. The molecule has 84 valence electrons. The molecule has 1 aromatic rings. The molecule has 0 radical (unpaired) electrons. The van der Waals surface area contributed by atoms with E-state index in [1.165, 1.54) is 12.1 Å². The average Bonchev–Trinajstić information content (AvgIpc) is 2.26. The van der Waals surface area contributed by atoms with Crippen LogP contribution in [0.5, 0.6) is 0 Å². The van der Waals surface area contributed by atoms with Crippen molar-refractivity contribution in [1.82, 2.24) is 0 Å². The summed E-state index contributed by atoms with van der Waals surface area (Å²) in [6.45, 7) is -0.583. The first-order valence-electron chi connectivity index (χ1n) is 4.41. The highest BCUT2D eigenvalue weighted by atomic mass is 35.5. The molecule has 0 bridgehead atoms. The van der Waals surface area contributed by atoms with E-state index in [9.17, 15) is 9.50 Å². The molecular formula is C10H12ClFO3. The van der Waals surface area contributed by atoms with Gasteiger partial charge in [-0.3, -0.25) is 0 Å². The predicted octanol–water partition coefficient (Wildman–Crippen LogP) is 0.951. The molecule has 3 nitrogen and oxygen atoms in total. The summed E-state index contributed by atoms with van der Waals surface area (Å²) < 4.78 is 13.2. The third-order valence-electron chi connectivity index (χ3n) is 2.11. The zero-order valence-electron chi connectivity index (χ0n) is 7.90. The molecule has 0 aliphatic carbocycles. The van der Waals surface area contributed by atoms with E-state index in [2.05, 4.69) is 0 Å². The van der Waals surface area contributed by atoms with Crippen molar-refractivity contribution in [3.05, 3.63) is 35.1 Å². The van der Waals surface area contributed by atoms with Crippen LogP contribution in [0.4, 0.5) is 4.39 Å². The lowest BCUT2D eigenvalue weighted by Crippen LogP contribution is -2.22. The number of rotatable bonds is 4.